The van der Waals surface area contributed by atoms with Gasteiger partial charge in [-0.1, -0.05) is 13.3 Å². The van der Waals surface area contributed by atoms with Crippen molar-refractivity contribution in [3.05, 3.63) is 0 Å². The first-order chi connectivity index (χ1) is 4.36. The minimum atomic E-state index is 0.356. The second kappa shape index (κ2) is 3.18. The van der Waals surface area contributed by atoms with Crippen LogP contribution in [0.5, 0.6) is 0 Å². The van der Waals surface area contributed by atoms with E-state index in [1.807, 2.05) is 0 Å². The van der Waals surface area contributed by atoms with Crippen LogP contribution in [-0.2, 0) is 4.74 Å². The summed E-state index contributed by atoms with van der Waals surface area (Å²) in [4.78, 5) is 0. The number of hydrogen-bond acceptors (Lipinski definition) is 2. The summed E-state index contributed by atoms with van der Waals surface area (Å²) in [5.41, 5.74) is 5.43. The van der Waals surface area contributed by atoms with Crippen LogP contribution in [0.1, 0.15) is 19.8 Å². The Morgan fingerprint density at radius 1 is 1.67 bits per heavy atom. The van der Waals surface area contributed by atoms with E-state index < -0.39 is 0 Å². The van der Waals surface area contributed by atoms with Crippen molar-refractivity contribution in [2.45, 2.75) is 25.9 Å². The first-order valence-electron chi connectivity index (χ1n) is 3.68. The van der Waals surface area contributed by atoms with Gasteiger partial charge in [-0.3, -0.25) is 0 Å². The fourth-order valence-electron chi connectivity index (χ4n) is 1.23. The van der Waals surface area contributed by atoms with Crippen LogP contribution >= 0.6 is 0 Å². The normalized spacial score (nSPS) is 35.3. The van der Waals surface area contributed by atoms with Gasteiger partial charge in [0, 0.05) is 13.2 Å². The first-order valence-corrected chi connectivity index (χ1v) is 3.68. The zero-order valence-corrected chi connectivity index (χ0v) is 5.97. The van der Waals surface area contributed by atoms with Gasteiger partial charge in [-0.2, -0.15) is 0 Å². The summed E-state index contributed by atoms with van der Waals surface area (Å²) in [5.74, 6) is 0.776. The van der Waals surface area contributed by atoms with Crippen LogP contribution in [0.25, 0.3) is 0 Å². The fourth-order valence-corrected chi connectivity index (χ4v) is 1.23. The van der Waals surface area contributed by atoms with E-state index in [9.17, 15) is 0 Å². The Kier molecular flexibility index (Phi) is 2.49. The molecule has 1 aliphatic rings. The molecule has 2 heteroatoms. The zero-order valence-electron chi connectivity index (χ0n) is 5.97. The Morgan fingerprint density at radius 3 is 2.78 bits per heavy atom. The van der Waals surface area contributed by atoms with Gasteiger partial charge in [0.1, 0.15) is 0 Å². The maximum absolute atomic E-state index is 5.43. The molecule has 2 nitrogen and oxygen atoms in total. The van der Waals surface area contributed by atoms with E-state index in [2.05, 4.69) is 6.92 Å². The average molecular weight is 129 g/mol. The Morgan fingerprint density at radius 2 is 2.44 bits per heavy atom. The molecule has 0 bridgehead atoms. The first kappa shape index (κ1) is 7.03. The summed E-state index contributed by atoms with van der Waals surface area (Å²) >= 11 is 0. The lowest BCUT2D eigenvalue weighted by molar-refractivity contribution is 0.112. The predicted molar refractivity (Wildman–Crippen MR) is 37.2 cm³/mol. The minimum Gasteiger partial charge on any atom is -0.377 e. The third kappa shape index (κ3) is 1.66. The molecule has 0 aromatic carbocycles. The largest absolute Gasteiger partial charge is 0.377 e. The summed E-state index contributed by atoms with van der Waals surface area (Å²) in [6.07, 6.45) is 2.76. The van der Waals surface area contributed by atoms with Gasteiger partial charge in [0.15, 0.2) is 0 Å². The molecule has 0 unspecified atom stereocenters. The molecule has 0 aliphatic carbocycles. The number of ether oxygens (including phenoxy) is 1. The highest BCUT2D eigenvalue weighted by atomic mass is 16.5. The highest BCUT2D eigenvalue weighted by Crippen LogP contribution is 2.20. The fraction of sp³-hybridized carbons (Fsp3) is 1.00. The third-order valence-corrected chi connectivity index (χ3v) is 2.00. The highest BCUT2D eigenvalue weighted by Gasteiger charge is 2.22. The van der Waals surface area contributed by atoms with Crippen LogP contribution < -0.4 is 5.73 Å². The van der Waals surface area contributed by atoms with Gasteiger partial charge in [-0.15, -0.1) is 0 Å². The molecule has 1 aliphatic heterocycles. The number of nitrogens with two attached hydrogens (primary N) is 1. The second-order valence-corrected chi connectivity index (χ2v) is 2.70. The van der Waals surface area contributed by atoms with Gasteiger partial charge in [-0.05, 0) is 12.3 Å². The van der Waals surface area contributed by atoms with E-state index >= 15 is 0 Å². The van der Waals surface area contributed by atoms with Crippen molar-refractivity contribution >= 4 is 0 Å². The molecule has 2 atom stereocenters. The Bertz CT molecular complexity index is 75.0. The lowest BCUT2D eigenvalue weighted by Crippen LogP contribution is -2.18. The molecule has 0 spiro atoms. The Balaban J connectivity index is 2.20. The Hall–Kier alpha value is -0.0800. The van der Waals surface area contributed by atoms with E-state index in [-0.39, 0.29) is 0 Å². The van der Waals surface area contributed by atoms with Crippen molar-refractivity contribution in [2.24, 2.45) is 11.7 Å². The molecule has 0 aromatic heterocycles. The standard InChI is InChI=1S/C7H15NO/c1-2-6-3-7(4-8)9-5-6/h6-7H,2-5,8H2,1H3/t6-,7-/m1/s1. The van der Waals surface area contributed by atoms with Gasteiger partial charge in [-0.25, -0.2) is 0 Å². The molecule has 1 heterocycles. The summed E-state index contributed by atoms with van der Waals surface area (Å²) in [6, 6.07) is 0. The molecule has 1 saturated heterocycles. The van der Waals surface area contributed by atoms with Crippen molar-refractivity contribution < 1.29 is 4.74 Å². The summed E-state index contributed by atoms with van der Waals surface area (Å²) in [6.45, 7) is 3.82. The summed E-state index contributed by atoms with van der Waals surface area (Å²) in [7, 11) is 0. The van der Waals surface area contributed by atoms with Crippen molar-refractivity contribution in [3.8, 4) is 0 Å². The minimum absolute atomic E-state index is 0.356. The maximum atomic E-state index is 5.43. The smallest absolute Gasteiger partial charge is 0.0700 e. The van der Waals surface area contributed by atoms with Crippen LogP contribution in [0.4, 0.5) is 0 Å². The highest BCUT2D eigenvalue weighted by molar-refractivity contribution is 4.72. The molecule has 0 amide bonds. The quantitative estimate of drug-likeness (QED) is 0.597. The molecule has 0 radical (unpaired) electrons. The van der Waals surface area contributed by atoms with Crippen LogP contribution in [0.3, 0.4) is 0 Å². The zero-order chi connectivity index (χ0) is 6.69. The predicted octanol–water partition coefficient (Wildman–Crippen LogP) is 0.760. The summed E-state index contributed by atoms with van der Waals surface area (Å²) in [5, 5.41) is 0. The van der Waals surface area contributed by atoms with Gasteiger partial charge in [0.05, 0.1) is 6.10 Å². The Labute approximate surface area is 56.4 Å². The lowest BCUT2D eigenvalue weighted by atomic mass is 10.0. The lowest BCUT2D eigenvalue weighted by Gasteiger charge is -2.02. The van der Waals surface area contributed by atoms with E-state index in [0.717, 1.165) is 12.5 Å². The van der Waals surface area contributed by atoms with Crippen molar-refractivity contribution in [2.75, 3.05) is 13.2 Å². The monoisotopic (exact) mass is 129 g/mol. The van der Waals surface area contributed by atoms with Crippen LogP contribution in [0.2, 0.25) is 0 Å². The van der Waals surface area contributed by atoms with Crippen LogP contribution in [0, 0.1) is 5.92 Å². The maximum Gasteiger partial charge on any atom is 0.0700 e. The number of hydrogen-bond donors (Lipinski definition) is 1. The topological polar surface area (TPSA) is 35.2 Å². The van der Waals surface area contributed by atoms with Gasteiger partial charge >= 0.3 is 0 Å². The molecule has 1 rings (SSSR count). The van der Waals surface area contributed by atoms with Crippen molar-refractivity contribution in [3.63, 3.8) is 0 Å². The summed E-state index contributed by atoms with van der Waals surface area (Å²) < 4.78 is 5.38. The molecular weight excluding hydrogens is 114 g/mol. The van der Waals surface area contributed by atoms with Crippen molar-refractivity contribution in [1.82, 2.24) is 0 Å². The van der Waals surface area contributed by atoms with E-state index in [1.165, 1.54) is 12.8 Å². The van der Waals surface area contributed by atoms with Gasteiger partial charge in [0.25, 0.3) is 0 Å². The third-order valence-electron chi connectivity index (χ3n) is 2.00. The van der Waals surface area contributed by atoms with Crippen molar-refractivity contribution in [1.29, 1.82) is 0 Å². The van der Waals surface area contributed by atoms with E-state index in [4.69, 9.17) is 10.5 Å². The molecule has 0 saturated carbocycles. The van der Waals surface area contributed by atoms with Gasteiger partial charge < -0.3 is 10.5 Å². The van der Waals surface area contributed by atoms with Crippen LogP contribution in [-0.4, -0.2) is 19.3 Å². The number of rotatable bonds is 2. The van der Waals surface area contributed by atoms with E-state index in [0.29, 0.717) is 12.6 Å². The SMILES string of the molecule is CC[C@H]1CO[C@@H](CN)C1. The molecule has 54 valence electrons. The average Bonchev–Trinajstić information content (AvgIpc) is 2.34. The molecule has 9 heavy (non-hydrogen) atoms. The second-order valence-electron chi connectivity index (χ2n) is 2.70. The van der Waals surface area contributed by atoms with Gasteiger partial charge in [0.2, 0.25) is 0 Å². The molecule has 1 fully saturated rings. The van der Waals surface area contributed by atoms with E-state index in [1.54, 1.807) is 0 Å². The van der Waals surface area contributed by atoms with Crippen LogP contribution in [0.15, 0.2) is 0 Å². The molecular formula is C7H15NO. The molecule has 0 aromatic rings. The molecule has 2 N–H and O–H groups in total.